The minimum atomic E-state index is -0.700. The molecule has 1 aromatic rings. The van der Waals surface area contributed by atoms with Crippen LogP contribution in [0.25, 0.3) is 0 Å². The van der Waals surface area contributed by atoms with E-state index in [0.717, 1.165) is 38.2 Å². The molecule has 0 saturated carbocycles. The molecule has 2 aliphatic heterocycles. The summed E-state index contributed by atoms with van der Waals surface area (Å²) in [7, 11) is 2.04. The minimum Gasteiger partial charge on any atom is -0.363 e. The first-order valence-corrected chi connectivity index (χ1v) is 7.96. The van der Waals surface area contributed by atoms with Gasteiger partial charge in [0, 0.05) is 44.0 Å². The van der Waals surface area contributed by atoms with Gasteiger partial charge in [0.2, 0.25) is 0 Å². The molecule has 0 aromatic carbocycles. The Hall–Kier alpha value is -1.53. The summed E-state index contributed by atoms with van der Waals surface area (Å²) in [6, 6.07) is 1.97. The molecule has 3 rings (SSSR count). The third-order valence-corrected chi connectivity index (χ3v) is 4.72. The molecule has 22 heavy (non-hydrogen) atoms. The monoisotopic (exact) mass is 304 g/mol. The molecule has 1 aromatic heterocycles. The van der Waals surface area contributed by atoms with Crippen molar-refractivity contribution < 1.29 is 9.53 Å². The molecule has 2 aliphatic rings. The number of aromatic nitrogens is 2. The van der Waals surface area contributed by atoms with E-state index in [2.05, 4.69) is 14.9 Å². The number of likely N-dealkylation sites (N-methyl/N-ethyl adjacent to an activating group) is 1. The number of piperidine rings is 1. The zero-order chi connectivity index (χ0) is 15.6. The van der Waals surface area contributed by atoms with Gasteiger partial charge in [-0.25, -0.2) is 9.97 Å². The van der Waals surface area contributed by atoms with Crippen molar-refractivity contribution in [3.63, 3.8) is 0 Å². The van der Waals surface area contributed by atoms with Crippen LogP contribution in [0.1, 0.15) is 31.4 Å². The van der Waals surface area contributed by atoms with Gasteiger partial charge in [-0.2, -0.15) is 0 Å². The summed E-state index contributed by atoms with van der Waals surface area (Å²) < 4.78 is 5.81. The highest BCUT2D eigenvalue weighted by Gasteiger charge is 2.41. The third-order valence-electron chi connectivity index (χ3n) is 4.72. The molecule has 0 spiro atoms. The highest BCUT2D eigenvalue weighted by molar-refractivity contribution is 5.85. The van der Waals surface area contributed by atoms with Crippen LogP contribution in [0, 0.1) is 0 Å². The second-order valence-electron chi connectivity index (χ2n) is 6.52. The number of carbonyl (C=O) groups is 1. The summed E-state index contributed by atoms with van der Waals surface area (Å²) in [5, 5.41) is 0. The largest absolute Gasteiger partial charge is 0.363 e. The molecule has 0 aliphatic carbocycles. The maximum absolute atomic E-state index is 12.8. The summed E-state index contributed by atoms with van der Waals surface area (Å²) in [5.74, 6) is 0.551. The Labute approximate surface area is 131 Å². The number of hydrogen-bond donors (Lipinski definition) is 0. The van der Waals surface area contributed by atoms with Crippen LogP contribution in [-0.2, 0) is 9.53 Å². The van der Waals surface area contributed by atoms with Crippen molar-refractivity contribution in [2.45, 2.75) is 31.3 Å². The van der Waals surface area contributed by atoms with E-state index in [4.69, 9.17) is 4.74 Å². The number of nitrogens with zero attached hydrogens (tertiary/aromatic N) is 4. The third kappa shape index (κ3) is 3.13. The first-order valence-electron chi connectivity index (χ1n) is 7.96. The Morgan fingerprint density at radius 1 is 1.36 bits per heavy atom. The molecular formula is C16H24N4O2. The molecule has 6 nitrogen and oxygen atoms in total. The van der Waals surface area contributed by atoms with E-state index < -0.39 is 5.60 Å². The maximum Gasteiger partial charge on any atom is 0.255 e. The summed E-state index contributed by atoms with van der Waals surface area (Å²) in [4.78, 5) is 25.2. The van der Waals surface area contributed by atoms with E-state index in [1.165, 1.54) is 0 Å². The van der Waals surface area contributed by atoms with Crippen molar-refractivity contribution in [1.82, 2.24) is 19.8 Å². The fraction of sp³-hybridized carbons (Fsp3) is 0.688. The zero-order valence-electron chi connectivity index (χ0n) is 13.4. The van der Waals surface area contributed by atoms with Gasteiger partial charge < -0.3 is 14.5 Å². The van der Waals surface area contributed by atoms with Gasteiger partial charge in [-0.15, -0.1) is 0 Å². The number of likely N-dealkylation sites (tertiary alicyclic amines) is 1. The minimum absolute atomic E-state index is 0.125. The van der Waals surface area contributed by atoms with Gasteiger partial charge >= 0.3 is 0 Å². The zero-order valence-corrected chi connectivity index (χ0v) is 13.4. The van der Waals surface area contributed by atoms with Gasteiger partial charge in [-0.1, -0.05) is 0 Å². The number of morpholine rings is 1. The quantitative estimate of drug-likeness (QED) is 0.812. The molecule has 2 fully saturated rings. The van der Waals surface area contributed by atoms with Crippen molar-refractivity contribution in [3.8, 4) is 0 Å². The van der Waals surface area contributed by atoms with Crippen LogP contribution in [0.3, 0.4) is 0 Å². The lowest BCUT2D eigenvalue weighted by atomic mass is 9.92. The van der Waals surface area contributed by atoms with Crippen molar-refractivity contribution >= 4 is 5.91 Å². The first-order chi connectivity index (χ1) is 10.6. The number of amides is 1. The highest BCUT2D eigenvalue weighted by Crippen LogP contribution is 2.28. The molecule has 3 heterocycles. The van der Waals surface area contributed by atoms with Crippen LogP contribution in [0.5, 0.6) is 0 Å². The predicted molar refractivity (Wildman–Crippen MR) is 82.4 cm³/mol. The van der Waals surface area contributed by atoms with Crippen LogP contribution in [0.15, 0.2) is 18.6 Å². The number of hydrogen-bond acceptors (Lipinski definition) is 5. The molecule has 2 saturated heterocycles. The fourth-order valence-corrected chi connectivity index (χ4v) is 3.45. The van der Waals surface area contributed by atoms with E-state index in [1.54, 1.807) is 12.5 Å². The number of carbonyl (C=O) groups excluding carboxylic acids is 1. The molecule has 0 unspecified atom stereocenters. The number of rotatable bonds is 2. The maximum atomic E-state index is 12.8. The van der Waals surface area contributed by atoms with E-state index in [9.17, 15) is 4.79 Å². The topological polar surface area (TPSA) is 58.6 Å². The molecule has 0 bridgehead atoms. The second-order valence-corrected chi connectivity index (χ2v) is 6.52. The van der Waals surface area contributed by atoms with Crippen LogP contribution in [-0.4, -0.2) is 71.1 Å². The molecular weight excluding hydrogens is 280 g/mol. The number of ether oxygens (including phenoxy) is 1. The lowest BCUT2D eigenvalue weighted by Gasteiger charge is -2.42. The SMILES string of the molecule is CN1CCO[C@](C)(C(=O)N2CCC(c3ccncn3)CC2)C1. The van der Waals surface area contributed by atoms with Crippen molar-refractivity contribution in [1.29, 1.82) is 0 Å². The van der Waals surface area contributed by atoms with Crippen LogP contribution in [0.2, 0.25) is 0 Å². The summed E-state index contributed by atoms with van der Waals surface area (Å²) >= 11 is 0. The van der Waals surface area contributed by atoms with Crippen molar-refractivity contribution in [3.05, 3.63) is 24.3 Å². The van der Waals surface area contributed by atoms with E-state index in [1.807, 2.05) is 24.9 Å². The van der Waals surface area contributed by atoms with Crippen molar-refractivity contribution in [2.24, 2.45) is 0 Å². The van der Waals surface area contributed by atoms with E-state index in [-0.39, 0.29) is 5.91 Å². The average Bonchev–Trinajstić information content (AvgIpc) is 2.55. The van der Waals surface area contributed by atoms with Crippen molar-refractivity contribution in [2.75, 3.05) is 39.8 Å². The normalized spacial score (nSPS) is 27.8. The lowest BCUT2D eigenvalue weighted by molar-refractivity contribution is -0.167. The Kier molecular flexibility index (Phi) is 4.40. The van der Waals surface area contributed by atoms with Gasteiger partial charge in [-0.05, 0) is 32.9 Å². The van der Waals surface area contributed by atoms with Crippen LogP contribution >= 0.6 is 0 Å². The van der Waals surface area contributed by atoms with Gasteiger partial charge in [0.1, 0.15) is 6.33 Å². The first kappa shape index (κ1) is 15.4. The fourth-order valence-electron chi connectivity index (χ4n) is 3.45. The average molecular weight is 304 g/mol. The van der Waals surface area contributed by atoms with E-state index >= 15 is 0 Å². The van der Waals surface area contributed by atoms with E-state index in [0.29, 0.717) is 19.1 Å². The lowest BCUT2D eigenvalue weighted by Crippen LogP contribution is -2.59. The standard InChI is InChI=1S/C16H24N4O2/c1-16(11-19(2)9-10-22-16)15(21)20-7-4-13(5-8-20)14-3-6-17-12-18-14/h3,6,12-13H,4-5,7-11H2,1-2H3/t16-/m0/s1. The summed E-state index contributed by atoms with van der Waals surface area (Å²) in [6.45, 7) is 5.64. The molecule has 6 heteroatoms. The Balaban J connectivity index is 1.60. The molecule has 1 amide bonds. The van der Waals surface area contributed by atoms with Crippen LogP contribution < -0.4 is 0 Å². The Morgan fingerprint density at radius 3 is 2.77 bits per heavy atom. The summed E-state index contributed by atoms with van der Waals surface area (Å²) in [5.41, 5.74) is 0.385. The molecule has 120 valence electrons. The predicted octanol–water partition coefficient (Wildman–Crippen LogP) is 0.903. The summed E-state index contributed by atoms with van der Waals surface area (Å²) in [6.07, 6.45) is 5.29. The molecule has 0 radical (unpaired) electrons. The second kappa shape index (κ2) is 6.30. The van der Waals surface area contributed by atoms with Gasteiger partial charge in [0.15, 0.2) is 5.60 Å². The highest BCUT2D eigenvalue weighted by atomic mass is 16.5. The van der Waals surface area contributed by atoms with Gasteiger partial charge in [0.05, 0.1) is 6.61 Å². The van der Waals surface area contributed by atoms with Gasteiger partial charge in [0.25, 0.3) is 5.91 Å². The van der Waals surface area contributed by atoms with Crippen LogP contribution in [0.4, 0.5) is 0 Å². The molecule has 0 N–H and O–H groups in total. The Bertz CT molecular complexity index is 516. The Morgan fingerprint density at radius 2 is 2.14 bits per heavy atom. The van der Waals surface area contributed by atoms with Gasteiger partial charge in [-0.3, -0.25) is 4.79 Å². The smallest absolute Gasteiger partial charge is 0.255 e. The molecule has 1 atom stereocenters.